The zero-order chi connectivity index (χ0) is 25.8. The molecule has 0 amide bonds. The average Bonchev–Trinajstić information content (AvgIpc) is 2.90. The average molecular weight is 517 g/mol. The highest BCUT2D eigenvalue weighted by molar-refractivity contribution is 6.32. The molecule has 0 aliphatic carbocycles. The van der Waals surface area contributed by atoms with Crippen molar-refractivity contribution in [2.75, 3.05) is 51.7 Å². The van der Waals surface area contributed by atoms with E-state index in [9.17, 15) is 9.90 Å². The normalized spacial score (nSPS) is 14.0. The van der Waals surface area contributed by atoms with Crippen LogP contribution in [0.2, 0.25) is 5.02 Å². The summed E-state index contributed by atoms with van der Waals surface area (Å²) in [6, 6.07) is 7.37. The van der Waals surface area contributed by atoms with Crippen LogP contribution in [-0.2, 0) is 11.3 Å². The van der Waals surface area contributed by atoms with E-state index in [4.69, 9.17) is 40.5 Å². The van der Waals surface area contributed by atoms with Crippen molar-refractivity contribution in [1.29, 1.82) is 0 Å². The molecule has 0 bridgehead atoms. The van der Waals surface area contributed by atoms with Gasteiger partial charge in [-0.3, -0.25) is 4.79 Å². The van der Waals surface area contributed by atoms with E-state index >= 15 is 0 Å². The van der Waals surface area contributed by atoms with Gasteiger partial charge in [0.1, 0.15) is 17.1 Å². The molecule has 0 spiro atoms. The minimum absolute atomic E-state index is 0.363. The first kappa shape index (κ1) is 25.4. The number of anilines is 2. The molecule has 0 atom stereocenters. The molecule has 1 aliphatic heterocycles. The lowest BCUT2D eigenvalue weighted by Crippen LogP contribution is -2.37. The Morgan fingerprint density at radius 2 is 1.72 bits per heavy atom. The molecule has 1 saturated heterocycles. The van der Waals surface area contributed by atoms with Crippen LogP contribution in [0, 0.1) is 5.92 Å². The molecular formula is C25H29ClN4O6. The molecule has 0 saturated carbocycles. The van der Waals surface area contributed by atoms with Crippen molar-refractivity contribution in [2.45, 2.75) is 19.4 Å². The predicted octanol–water partition coefficient (Wildman–Crippen LogP) is 4.23. The van der Waals surface area contributed by atoms with Crippen LogP contribution in [0.3, 0.4) is 0 Å². The molecule has 1 aromatic heterocycles. The van der Waals surface area contributed by atoms with Crippen LogP contribution in [0.1, 0.15) is 18.4 Å². The lowest BCUT2D eigenvalue weighted by molar-refractivity contribution is -0.142. The number of nitrogens with one attached hydrogen (secondary N) is 1. The number of hydrogen-bond acceptors (Lipinski definition) is 9. The number of benzene rings is 2. The number of halogens is 1. The third kappa shape index (κ3) is 4.99. The van der Waals surface area contributed by atoms with Gasteiger partial charge in [-0.05, 0) is 36.6 Å². The van der Waals surface area contributed by atoms with E-state index in [2.05, 4.69) is 5.32 Å². The summed E-state index contributed by atoms with van der Waals surface area (Å²) in [7, 11) is 6.21. The van der Waals surface area contributed by atoms with Crippen molar-refractivity contribution in [3.8, 4) is 23.0 Å². The Bertz CT molecular complexity index is 1260. The summed E-state index contributed by atoms with van der Waals surface area (Å²) < 4.78 is 22.0. The van der Waals surface area contributed by atoms with E-state index in [0.717, 1.165) is 5.56 Å². The van der Waals surface area contributed by atoms with Gasteiger partial charge < -0.3 is 34.3 Å². The quantitative estimate of drug-likeness (QED) is 0.428. The van der Waals surface area contributed by atoms with Gasteiger partial charge in [0.2, 0.25) is 11.7 Å². The Balaban J connectivity index is 1.77. The number of fused-ring (bicyclic) bond motifs is 1. The molecule has 0 radical (unpaired) electrons. The first-order chi connectivity index (χ1) is 17.4. The summed E-state index contributed by atoms with van der Waals surface area (Å²) in [6.45, 7) is 1.50. The maximum atomic E-state index is 11.4. The number of methoxy groups -OCH3 is 4. The zero-order valence-electron chi connectivity index (χ0n) is 20.6. The lowest BCUT2D eigenvalue weighted by atomic mass is 9.97. The number of carboxylic acid groups (broad SMARTS) is 1. The highest BCUT2D eigenvalue weighted by Gasteiger charge is 2.28. The van der Waals surface area contributed by atoms with Gasteiger partial charge >= 0.3 is 5.97 Å². The maximum Gasteiger partial charge on any atom is 0.306 e. The van der Waals surface area contributed by atoms with Gasteiger partial charge in [0.05, 0.1) is 44.8 Å². The third-order valence-electron chi connectivity index (χ3n) is 6.29. The first-order valence-corrected chi connectivity index (χ1v) is 11.8. The standard InChI is InChI=1S/C25H29ClN4O6/c1-33-18-6-5-14(11-17(18)26)13-27-23-16-12-19(34-2)21(35-3)22(36-4)20(16)28-25(29-23)30-9-7-15(8-10-30)24(31)32/h5-6,11-12,15H,7-10,13H2,1-4H3,(H,31,32)(H,27,28,29). The number of carbonyl (C=O) groups is 1. The SMILES string of the molecule is COc1ccc(CNc2nc(N3CCC(C(=O)O)CC3)nc3c(OC)c(OC)c(OC)cc23)cc1Cl. The minimum atomic E-state index is -0.770. The second-order valence-corrected chi connectivity index (χ2v) is 8.74. The van der Waals surface area contributed by atoms with E-state index in [0.29, 0.717) is 83.2 Å². The van der Waals surface area contributed by atoms with Crippen LogP contribution in [0.25, 0.3) is 10.9 Å². The zero-order valence-corrected chi connectivity index (χ0v) is 21.4. The molecular weight excluding hydrogens is 488 g/mol. The van der Waals surface area contributed by atoms with Crippen LogP contribution in [-0.4, -0.2) is 62.6 Å². The third-order valence-corrected chi connectivity index (χ3v) is 6.58. The van der Waals surface area contributed by atoms with Crippen LogP contribution in [0.15, 0.2) is 24.3 Å². The smallest absolute Gasteiger partial charge is 0.306 e. The molecule has 36 heavy (non-hydrogen) atoms. The number of carboxylic acids is 1. The summed E-state index contributed by atoms with van der Waals surface area (Å²) >= 11 is 6.31. The molecule has 2 heterocycles. The molecule has 0 unspecified atom stereocenters. The second kappa shape index (κ2) is 10.9. The van der Waals surface area contributed by atoms with E-state index in [1.54, 1.807) is 27.4 Å². The van der Waals surface area contributed by atoms with Gasteiger partial charge in [0, 0.05) is 19.6 Å². The monoisotopic (exact) mass is 516 g/mol. The molecule has 2 aromatic carbocycles. The molecule has 10 nitrogen and oxygen atoms in total. The molecule has 1 fully saturated rings. The molecule has 2 N–H and O–H groups in total. The van der Waals surface area contributed by atoms with Crippen molar-refractivity contribution in [2.24, 2.45) is 5.92 Å². The Hall–Kier alpha value is -3.66. The predicted molar refractivity (Wildman–Crippen MR) is 137 cm³/mol. The minimum Gasteiger partial charge on any atom is -0.495 e. The van der Waals surface area contributed by atoms with Gasteiger partial charge in [-0.2, -0.15) is 4.98 Å². The number of hydrogen-bond donors (Lipinski definition) is 2. The fourth-order valence-corrected chi connectivity index (χ4v) is 4.61. The fourth-order valence-electron chi connectivity index (χ4n) is 4.33. The molecule has 4 rings (SSSR count). The Labute approximate surface area is 214 Å². The number of nitrogens with zero attached hydrogens (tertiary/aromatic N) is 3. The van der Waals surface area contributed by atoms with E-state index in [-0.39, 0.29) is 5.92 Å². The molecule has 192 valence electrons. The van der Waals surface area contributed by atoms with Crippen LogP contribution in [0.5, 0.6) is 23.0 Å². The van der Waals surface area contributed by atoms with Gasteiger partial charge in [-0.25, -0.2) is 4.98 Å². The number of ether oxygens (including phenoxy) is 4. The van der Waals surface area contributed by atoms with Gasteiger partial charge in [0.25, 0.3) is 0 Å². The fraction of sp³-hybridized carbons (Fsp3) is 0.400. The van der Waals surface area contributed by atoms with Crippen molar-refractivity contribution in [3.63, 3.8) is 0 Å². The summed E-state index contributed by atoms with van der Waals surface area (Å²) in [4.78, 5) is 23.0. The summed E-state index contributed by atoms with van der Waals surface area (Å²) in [6.07, 6.45) is 1.04. The number of aliphatic carboxylic acids is 1. The van der Waals surface area contributed by atoms with Crippen LogP contribution >= 0.6 is 11.6 Å². The number of piperidine rings is 1. The highest BCUT2D eigenvalue weighted by atomic mass is 35.5. The van der Waals surface area contributed by atoms with E-state index in [1.165, 1.54) is 7.11 Å². The summed E-state index contributed by atoms with van der Waals surface area (Å²) in [5.41, 5.74) is 1.49. The van der Waals surface area contributed by atoms with Crippen LogP contribution in [0.4, 0.5) is 11.8 Å². The van der Waals surface area contributed by atoms with Crippen molar-refractivity contribution >= 4 is 40.2 Å². The Morgan fingerprint density at radius 1 is 1.03 bits per heavy atom. The Morgan fingerprint density at radius 3 is 2.31 bits per heavy atom. The largest absolute Gasteiger partial charge is 0.495 e. The van der Waals surface area contributed by atoms with Crippen molar-refractivity contribution < 1.29 is 28.8 Å². The maximum absolute atomic E-state index is 11.4. The van der Waals surface area contributed by atoms with Gasteiger partial charge in [-0.15, -0.1) is 0 Å². The number of aromatic nitrogens is 2. The summed E-state index contributed by atoms with van der Waals surface area (Å²) in [5, 5.41) is 14.0. The molecule has 11 heteroatoms. The van der Waals surface area contributed by atoms with Gasteiger partial charge in [-0.1, -0.05) is 17.7 Å². The highest BCUT2D eigenvalue weighted by Crippen LogP contribution is 2.45. The molecule has 1 aliphatic rings. The van der Waals surface area contributed by atoms with Crippen LogP contribution < -0.4 is 29.2 Å². The van der Waals surface area contributed by atoms with E-state index in [1.807, 2.05) is 23.1 Å². The molecule has 3 aromatic rings. The first-order valence-electron chi connectivity index (χ1n) is 11.4. The topological polar surface area (TPSA) is 115 Å². The van der Waals surface area contributed by atoms with Crippen molar-refractivity contribution in [3.05, 3.63) is 34.9 Å². The van der Waals surface area contributed by atoms with Gasteiger partial charge in [0.15, 0.2) is 11.5 Å². The van der Waals surface area contributed by atoms with Crippen molar-refractivity contribution in [1.82, 2.24) is 9.97 Å². The Kier molecular flexibility index (Phi) is 7.73. The van der Waals surface area contributed by atoms with E-state index < -0.39 is 5.97 Å². The second-order valence-electron chi connectivity index (χ2n) is 8.34. The lowest BCUT2D eigenvalue weighted by Gasteiger charge is -2.30. The summed E-state index contributed by atoms with van der Waals surface area (Å²) in [5.74, 6) is 1.85. The number of rotatable bonds is 9.